The molecule has 0 amide bonds. The third-order valence-electron chi connectivity index (χ3n) is 4.00. The molecule has 2 aromatic rings. The van der Waals surface area contributed by atoms with E-state index in [0.29, 0.717) is 12.2 Å². The van der Waals surface area contributed by atoms with E-state index in [1.807, 2.05) is 66.9 Å². The molecule has 2 aromatic carbocycles. The van der Waals surface area contributed by atoms with Crippen LogP contribution in [0.4, 0.5) is 0 Å². The first-order valence-corrected chi connectivity index (χ1v) is 7.46. The first-order valence-electron chi connectivity index (χ1n) is 7.46. The van der Waals surface area contributed by atoms with E-state index in [1.54, 1.807) is 18.4 Å². The van der Waals surface area contributed by atoms with Crippen molar-refractivity contribution in [1.82, 2.24) is 0 Å². The Kier molecular flexibility index (Phi) is 4.32. The lowest BCUT2D eigenvalue weighted by atomic mass is 9.84. The van der Waals surface area contributed by atoms with Crippen LogP contribution in [-0.4, -0.2) is 0 Å². The van der Waals surface area contributed by atoms with Crippen LogP contribution in [-0.2, 0) is 10.3 Å². The lowest BCUT2D eigenvalue weighted by molar-refractivity contribution is 0.0829. The normalized spacial score (nSPS) is 18.8. The molecule has 0 heterocycles. The van der Waals surface area contributed by atoms with Gasteiger partial charge in [-0.15, -0.1) is 5.26 Å². The quantitative estimate of drug-likeness (QED) is 0.790. The second kappa shape index (κ2) is 6.73. The van der Waals surface area contributed by atoms with Crippen LogP contribution in [0.25, 0.3) is 5.57 Å². The molecule has 0 saturated carbocycles. The van der Waals surface area contributed by atoms with Gasteiger partial charge in [-0.2, -0.15) is 5.26 Å². The maximum absolute atomic E-state index is 9.04. The number of allylic oxidation sites excluding steroid dienone is 2. The van der Waals surface area contributed by atoms with E-state index >= 15 is 0 Å². The highest BCUT2D eigenvalue weighted by molar-refractivity contribution is 5.76. The van der Waals surface area contributed by atoms with Gasteiger partial charge in [0.2, 0.25) is 0 Å². The molecule has 4 nitrogen and oxygen atoms in total. The minimum atomic E-state index is -0.761. The van der Waals surface area contributed by atoms with Gasteiger partial charge in [0.15, 0.2) is 5.60 Å². The Balaban J connectivity index is 1.86. The SMILES string of the molecule is N#COc1ccc(C2=CCC(OC#N)(c3ccccc3)C=C2)cc1. The van der Waals surface area contributed by atoms with E-state index in [0.717, 1.165) is 16.7 Å². The van der Waals surface area contributed by atoms with Gasteiger partial charge >= 0.3 is 0 Å². The zero-order valence-corrected chi connectivity index (χ0v) is 12.8. The molecule has 0 bridgehead atoms. The Labute approximate surface area is 140 Å². The van der Waals surface area contributed by atoms with Crippen LogP contribution < -0.4 is 4.74 Å². The average molecular weight is 314 g/mol. The maximum Gasteiger partial charge on any atom is 0.292 e. The van der Waals surface area contributed by atoms with Crippen LogP contribution in [0.3, 0.4) is 0 Å². The topological polar surface area (TPSA) is 66.0 Å². The fourth-order valence-electron chi connectivity index (χ4n) is 2.75. The van der Waals surface area contributed by atoms with Crippen LogP contribution >= 0.6 is 0 Å². The van der Waals surface area contributed by atoms with Gasteiger partial charge in [-0.3, -0.25) is 0 Å². The van der Waals surface area contributed by atoms with Gasteiger partial charge in [-0.25, -0.2) is 0 Å². The van der Waals surface area contributed by atoms with E-state index in [4.69, 9.17) is 20.0 Å². The summed E-state index contributed by atoms with van der Waals surface area (Å²) in [6, 6.07) is 17.0. The Hall–Kier alpha value is -3.50. The van der Waals surface area contributed by atoms with Crippen LogP contribution in [0.1, 0.15) is 17.5 Å². The van der Waals surface area contributed by atoms with Crippen molar-refractivity contribution in [3.05, 3.63) is 84.0 Å². The highest BCUT2D eigenvalue weighted by Gasteiger charge is 2.32. The van der Waals surface area contributed by atoms with Crippen LogP contribution in [0.2, 0.25) is 0 Å². The molecule has 24 heavy (non-hydrogen) atoms. The fraction of sp³-hybridized carbons (Fsp3) is 0.100. The van der Waals surface area contributed by atoms with Gasteiger partial charge in [0.25, 0.3) is 12.5 Å². The number of hydrogen-bond acceptors (Lipinski definition) is 4. The monoisotopic (exact) mass is 314 g/mol. The molecule has 4 heteroatoms. The van der Waals surface area contributed by atoms with E-state index in [-0.39, 0.29) is 0 Å². The molecule has 0 N–H and O–H groups in total. The van der Waals surface area contributed by atoms with E-state index in [9.17, 15) is 0 Å². The molecule has 3 rings (SSSR count). The lowest BCUT2D eigenvalue weighted by Gasteiger charge is -2.30. The first-order chi connectivity index (χ1) is 11.8. The number of rotatable bonds is 4. The second-order valence-electron chi connectivity index (χ2n) is 5.36. The summed E-state index contributed by atoms with van der Waals surface area (Å²) in [4.78, 5) is 0. The van der Waals surface area contributed by atoms with Crippen molar-refractivity contribution >= 4 is 5.57 Å². The van der Waals surface area contributed by atoms with Crippen molar-refractivity contribution < 1.29 is 9.47 Å². The molecule has 1 unspecified atom stereocenters. The summed E-state index contributed by atoms with van der Waals surface area (Å²) in [6.45, 7) is 0. The molecular weight excluding hydrogens is 300 g/mol. The number of ether oxygens (including phenoxy) is 2. The first kappa shape index (κ1) is 15.4. The second-order valence-corrected chi connectivity index (χ2v) is 5.36. The van der Waals surface area contributed by atoms with Gasteiger partial charge in [0.05, 0.1) is 0 Å². The fourth-order valence-corrected chi connectivity index (χ4v) is 2.75. The number of nitrogens with zero attached hydrogens (tertiary/aromatic N) is 2. The highest BCUT2D eigenvalue weighted by Crippen LogP contribution is 2.37. The predicted octanol–water partition coefficient (Wildman–Crippen LogP) is 4.28. The van der Waals surface area contributed by atoms with Gasteiger partial charge in [0, 0.05) is 12.0 Å². The third kappa shape index (κ3) is 2.99. The van der Waals surface area contributed by atoms with Crippen molar-refractivity contribution in [3.8, 4) is 18.3 Å². The number of benzene rings is 2. The zero-order valence-electron chi connectivity index (χ0n) is 12.8. The summed E-state index contributed by atoms with van der Waals surface area (Å²) in [5.74, 6) is 0.507. The molecule has 0 aliphatic heterocycles. The summed E-state index contributed by atoms with van der Waals surface area (Å²) >= 11 is 0. The minimum absolute atomic E-state index is 0.507. The highest BCUT2D eigenvalue weighted by atomic mass is 16.5. The molecule has 0 radical (unpaired) electrons. The predicted molar refractivity (Wildman–Crippen MR) is 89.2 cm³/mol. The van der Waals surface area contributed by atoms with Crippen molar-refractivity contribution in [2.75, 3.05) is 0 Å². The summed E-state index contributed by atoms with van der Waals surface area (Å²) in [7, 11) is 0. The van der Waals surface area contributed by atoms with E-state index in [2.05, 4.69) is 0 Å². The molecule has 0 saturated heterocycles. The van der Waals surface area contributed by atoms with Crippen molar-refractivity contribution in [1.29, 1.82) is 10.5 Å². The number of hydrogen-bond donors (Lipinski definition) is 0. The largest absolute Gasteiger partial charge is 0.411 e. The molecule has 0 fully saturated rings. The Morgan fingerprint density at radius 3 is 2.25 bits per heavy atom. The summed E-state index contributed by atoms with van der Waals surface area (Å²) in [5, 5.41) is 17.6. The van der Waals surface area contributed by atoms with Crippen LogP contribution in [0, 0.1) is 23.0 Å². The van der Waals surface area contributed by atoms with Gasteiger partial charge in [-0.1, -0.05) is 54.6 Å². The molecular formula is C20H14N2O2. The molecule has 0 spiro atoms. The van der Waals surface area contributed by atoms with Crippen molar-refractivity contribution in [2.45, 2.75) is 12.0 Å². The molecule has 116 valence electrons. The Morgan fingerprint density at radius 2 is 1.67 bits per heavy atom. The molecule has 1 aliphatic rings. The standard InChI is InChI=1S/C20H14N2O2/c21-14-23-19-8-6-16(7-9-19)17-10-12-20(13-11-17,24-15-22)18-4-2-1-3-5-18/h1-12H,13H2. The number of nitriles is 2. The summed E-state index contributed by atoms with van der Waals surface area (Å²) in [6.07, 6.45) is 9.95. The van der Waals surface area contributed by atoms with Crippen LogP contribution in [0.15, 0.2) is 72.8 Å². The Morgan fingerprint density at radius 1 is 0.917 bits per heavy atom. The molecule has 1 atom stereocenters. The van der Waals surface area contributed by atoms with Gasteiger partial charge in [0.1, 0.15) is 5.75 Å². The average Bonchev–Trinajstić information content (AvgIpc) is 2.64. The smallest absolute Gasteiger partial charge is 0.292 e. The maximum atomic E-state index is 9.04. The Bertz CT molecular complexity index is 855. The third-order valence-corrected chi connectivity index (χ3v) is 4.00. The molecule has 0 aromatic heterocycles. The zero-order chi connectivity index (χ0) is 16.8. The van der Waals surface area contributed by atoms with E-state index < -0.39 is 5.60 Å². The van der Waals surface area contributed by atoms with Crippen molar-refractivity contribution in [3.63, 3.8) is 0 Å². The van der Waals surface area contributed by atoms with Gasteiger partial charge < -0.3 is 9.47 Å². The summed E-state index contributed by atoms with van der Waals surface area (Å²) in [5.41, 5.74) is 2.22. The minimum Gasteiger partial charge on any atom is -0.411 e. The summed E-state index contributed by atoms with van der Waals surface area (Å²) < 4.78 is 10.2. The van der Waals surface area contributed by atoms with Crippen molar-refractivity contribution in [2.24, 2.45) is 0 Å². The van der Waals surface area contributed by atoms with Crippen LogP contribution in [0.5, 0.6) is 5.75 Å². The van der Waals surface area contributed by atoms with E-state index in [1.165, 1.54) is 0 Å². The van der Waals surface area contributed by atoms with Gasteiger partial charge in [-0.05, 0) is 29.3 Å². The lowest BCUT2D eigenvalue weighted by Crippen LogP contribution is -2.26. The molecule has 1 aliphatic carbocycles.